The fraction of sp³-hybridized carbons (Fsp3) is 0.579. The summed E-state index contributed by atoms with van der Waals surface area (Å²) >= 11 is 0. The van der Waals surface area contributed by atoms with Gasteiger partial charge in [-0.25, -0.2) is 0 Å². The summed E-state index contributed by atoms with van der Waals surface area (Å²) in [6.45, 7) is 2.37. The van der Waals surface area contributed by atoms with E-state index in [9.17, 15) is 9.59 Å². The lowest BCUT2D eigenvalue weighted by atomic mass is 9.52. The first-order valence-corrected chi connectivity index (χ1v) is 8.77. The normalized spacial score (nSPS) is 36.1. The molecule has 2 aliphatic carbocycles. The summed E-state index contributed by atoms with van der Waals surface area (Å²) < 4.78 is 11.6. The van der Waals surface area contributed by atoms with Crippen LogP contribution in [0.2, 0.25) is 0 Å². The first-order valence-electron chi connectivity index (χ1n) is 8.77. The molecule has 2 fully saturated rings. The van der Waals surface area contributed by atoms with Crippen molar-refractivity contribution in [1.82, 2.24) is 4.90 Å². The van der Waals surface area contributed by atoms with Crippen LogP contribution in [-0.4, -0.2) is 42.4 Å². The number of likely N-dealkylation sites (N-methyl/N-ethyl adjacent to an activating group) is 1. The summed E-state index contributed by atoms with van der Waals surface area (Å²) in [4.78, 5) is 26.6. The molecule has 1 aromatic carbocycles. The Bertz CT molecular complexity index is 773. The lowest BCUT2D eigenvalue weighted by molar-refractivity contribution is -0.138. The highest BCUT2D eigenvalue weighted by Crippen LogP contribution is 2.63. The number of esters is 1. The average Bonchev–Trinajstić information content (AvgIpc) is 2.89. The molecule has 24 heavy (non-hydrogen) atoms. The largest absolute Gasteiger partial charge is 0.477 e. The van der Waals surface area contributed by atoms with Crippen LogP contribution < -0.4 is 9.47 Å². The van der Waals surface area contributed by atoms with Gasteiger partial charge in [0, 0.05) is 30.4 Å². The fourth-order valence-electron chi connectivity index (χ4n) is 5.75. The fourth-order valence-corrected chi connectivity index (χ4v) is 5.75. The van der Waals surface area contributed by atoms with Crippen LogP contribution in [0.5, 0.6) is 11.5 Å². The Morgan fingerprint density at radius 3 is 3.04 bits per heavy atom. The number of nitrogens with zero attached hydrogens (tertiary/aromatic N) is 1. The minimum Gasteiger partial charge on any atom is -0.477 e. The van der Waals surface area contributed by atoms with E-state index >= 15 is 0 Å². The van der Waals surface area contributed by atoms with Gasteiger partial charge in [0.05, 0.1) is 0 Å². The molecule has 4 atom stereocenters. The summed E-state index contributed by atoms with van der Waals surface area (Å²) in [5.74, 6) is 1.40. The van der Waals surface area contributed by atoms with Gasteiger partial charge in [0.15, 0.2) is 23.4 Å². The monoisotopic (exact) mass is 327 g/mol. The van der Waals surface area contributed by atoms with Crippen molar-refractivity contribution in [3.8, 4) is 11.5 Å². The molecule has 5 nitrogen and oxygen atoms in total. The molecule has 4 aliphatic rings. The van der Waals surface area contributed by atoms with Crippen LogP contribution in [0.3, 0.4) is 0 Å². The number of rotatable bonds is 1. The predicted molar refractivity (Wildman–Crippen MR) is 86.3 cm³/mol. The molecule has 0 N–H and O–H groups in total. The zero-order valence-corrected chi connectivity index (χ0v) is 14.0. The van der Waals surface area contributed by atoms with Crippen molar-refractivity contribution in [2.24, 2.45) is 5.92 Å². The first kappa shape index (κ1) is 14.5. The van der Waals surface area contributed by atoms with Gasteiger partial charge in [0.25, 0.3) is 0 Å². The highest BCUT2D eigenvalue weighted by Gasteiger charge is 2.65. The lowest BCUT2D eigenvalue weighted by Crippen LogP contribution is -2.65. The van der Waals surface area contributed by atoms with Crippen molar-refractivity contribution in [2.45, 2.75) is 50.2 Å². The number of carbonyl (C=O) groups is 2. The summed E-state index contributed by atoms with van der Waals surface area (Å²) in [6, 6.07) is 4.35. The van der Waals surface area contributed by atoms with Gasteiger partial charge in [-0.3, -0.25) is 9.59 Å². The van der Waals surface area contributed by atoms with E-state index < -0.39 is 6.10 Å². The number of piperidine rings is 1. The van der Waals surface area contributed by atoms with Crippen molar-refractivity contribution in [3.05, 3.63) is 23.3 Å². The molecule has 2 aliphatic heterocycles. The third-order valence-electron chi connectivity index (χ3n) is 6.62. The maximum Gasteiger partial charge on any atom is 0.308 e. The highest BCUT2D eigenvalue weighted by atomic mass is 16.6. The summed E-state index contributed by atoms with van der Waals surface area (Å²) in [6.07, 6.45) is 3.04. The average molecular weight is 327 g/mol. The number of ketones is 1. The van der Waals surface area contributed by atoms with Crippen LogP contribution >= 0.6 is 0 Å². The molecule has 1 saturated carbocycles. The molecule has 1 spiro atoms. The van der Waals surface area contributed by atoms with Gasteiger partial charge in [-0.05, 0) is 50.4 Å². The Morgan fingerprint density at radius 1 is 1.42 bits per heavy atom. The molecule has 1 saturated heterocycles. The second kappa shape index (κ2) is 4.60. The Labute approximate surface area is 140 Å². The molecular weight excluding hydrogens is 306 g/mol. The second-order valence-corrected chi connectivity index (χ2v) is 7.67. The number of likely N-dealkylation sites (tertiary alicyclic amines) is 1. The molecule has 126 valence electrons. The number of hydrogen-bond acceptors (Lipinski definition) is 5. The Kier molecular flexibility index (Phi) is 2.77. The molecule has 1 unspecified atom stereocenters. The third kappa shape index (κ3) is 1.59. The molecule has 2 heterocycles. The SMILES string of the molecule is CC(=O)Oc1ccc2c3c1O[C@H]1C(=O)CC[C@H]4[C@@H](C2)N(C)CCC314. The van der Waals surface area contributed by atoms with E-state index in [4.69, 9.17) is 9.47 Å². The molecule has 5 heteroatoms. The smallest absolute Gasteiger partial charge is 0.308 e. The van der Waals surface area contributed by atoms with E-state index in [1.54, 1.807) is 0 Å². The molecule has 0 amide bonds. The van der Waals surface area contributed by atoms with Crippen molar-refractivity contribution in [2.75, 3.05) is 13.6 Å². The number of carbonyl (C=O) groups excluding carboxylic acids is 2. The summed E-state index contributed by atoms with van der Waals surface area (Å²) in [5, 5.41) is 0. The zero-order chi connectivity index (χ0) is 16.6. The molecular formula is C19H21NO4. The minimum atomic E-state index is -0.404. The van der Waals surface area contributed by atoms with E-state index in [1.807, 2.05) is 6.07 Å². The Morgan fingerprint density at radius 2 is 2.25 bits per heavy atom. The van der Waals surface area contributed by atoms with Crippen LogP contribution in [0, 0.1) is 5.92 Å². The van der Waals surface area contributed by atoms with Gasteiger partial charge < -0.3 is 14.4 Å². The van der Waals surface area contributed by atoms with Crippen molar-refractivity contribution >= 4 is 11.8 Å². The topological polar surface area (TPSA) is 55.8 Å². The van der Waals surface area contributed by atoms with Gasteiger partial charge in [0.2, 0.25) is 0 Å². The number of ether oxygens (including phenoxy) is 2. The molecule has 1 aromatic rings. The molecule has 0 aromatic heterocycles. The van der Waals surface area contributed by atoms with Crippen molar-refractivity contribution < 1.29 is 19.1 Å². The number of benzene rings is 1. The van der Waals surface area contributed by atoms with Crippen LogP contribution in [0.25, 0.3) is 0 Å². The summed E-state index contributed by atoms with van der Waals surface area (Å²) in [5.41, 5.74) is 2.20. The maximum atomic E-state index is 12.7. The summed E-state index contributed by atoms with van der Waals surface area (Å²) in [7, 11) is 2.19. The molecule has 0 radical (unpaired) electrons. The van der Waals surface area contributed by atoms with Crippen molar-refractivity contribution in [1.29, 1.82) is 0 Å². The van der Waals surface area contributed by atoms with Crippen molar-refractivity contribution in [3.63, 3.8) is 0 Å². The van der Waals surface area contributed by atoms with E-state index in [0.29, 0.717) is 29.9 Å². The van der Waals surface area contributed by atoms with Gasteiger partial charge >= 0.3 is 5.97 Å². The Hall–Kier alpha value is -1.88. The van der Waals surface area contributed by atoms with Gasteiger partial charge in [-0.2, -0.15) is 0 Å². The van der Waals surface area contributed by atoms with Gasteiger partial charge in [-0.1, -0.05) is 6.07 Å². The molecule has 5 rings (SSSR count). The third-order valence-corrected chi connectivity index (χ3v) is 6.62. The van der Waals surface area contributed by atoms with Crippen LogP contribution in [0.1, 0.15) is 37.3 Å². The molecule has 2 bridgehead atoms. The van der Waals surface area contributed by atoms with Gasteiger partial charge in [0.1, 0.15) is 0 Å². The van der Waals surface area contributed by atoms with E-state index in [-0.39, 0.29) is 17.2 Å². The standard InChI is InChI=1S/C19H21NO4/c1-10(21)23-15-6-3-11-9-13-12-4-5-14(22)18-19(12,7-8-20(13)2)16(11)17(15)24-18/h3,6,12-13,18H,4-5,7-9H2,1-2H3/t12-,13+,18-,19?/m0/s1. The van der Waals surface area contributed by atoms with Crippen LogP contribution in [0.4, 0.5) is 0 Å². The van der Waals surface area contributed by atoms with E-state index in [0.717, 1.165) is 31.4 Å². The number of hydrogen-bond donors (Lipinski definition) is 0. The second-order valence-electron chi connectivity index (χ2n) is 7.67. The maximum absolute atomic E-state index is 12.7. The Balaban J connectivity index is 1.76. The minimum absolute atomic E-state index is 0.201. The van der Waals surface area contributed by atoms with E-state index in [1.165, 1.54) is 12.5 Å². The first-order chi connectivity index (χ1) is 11.5. The quantitative estimate of drug-likeness (QED) is 0.582. The zero-order valence-electron chi connectivity index (χ0n) is 14.0. The highest BCUT2D eigenvalue weighted by molar-refractivity contribution is 5.89. The van der Waals surface area contributed by atoms with Crippen LogP contribution in [-0.2, 0) is 21.4 Å². The lowest BCUT2D eigenvalue weighted by Gasteiger charge is -2.57. The van der Waals surface area contributed by atoms with Gasteiger partial charge in [-0.15, -0.1) is 0 Å². The number of Topliss-reactive ketones (excluding diaryl/α,β-unsaturated/α-hetero) is 1. The predicted octanol–water partition coefficient (Wildman–Crippen LogP) is 1.85. The van der Waals surface area contributed by atoms with Crippen LogP contribution in [0.15, 0.2) is 12.1 Å². The van der Waals surface area contributed by atoms with E-state index in [2.05, 4.69) is 18.0 Å².